The molecule has 0 bridgehead atoms. The highest BCUT2D eigenvalue weighted by Crippen LogP contribution is 2.30. The van der Waals surface area contributed by atoms with Crippen molar-refractivity contribution in [2.75, 3.05) is 18.6 Å². The highest BCUT2D eigenvalue weighted by molar-refractivity contribution is 5.96. The molecule has 0 radical (unpaired) electrons. The number of methoxy groups -OCH3 is 1. The second-order valence-electron chi connectivity index (χ2n) is 5.94. The van der Waals surface area contributed by atoms with Crippen LogP contribution in [0.4, 0.5) is 5.69 Å². The quantitative estimate of drug-likeness (QED) is 0.763. The van der Waals surface area contributed by atoms with Gasteiger partial charge in [-0.1, -0.05) is 17.3 Å². The van der Waals surface area contributed by atoms with Crippen LogP contribution >= 0.6 is 0 Å². The number of H-pyrrole nitrogens is 1. The molecular weight excluding hydrogens is 322 g/mol. The first-order valence-electron chi connectivity index (χ1n) is 7.97. The molecule has 1 N–H and O–H groups in total. The minimum absolute atomic E-state index is 0.0290. The Kier molecular flexibility index (Phi) is 3.93. The van der Waals surface area contributed by atoms with E-state index < -0.39 is 0 Å². The fourth-order valence-corrected chi connectivity index (χ4v) is 2.95. The van der Waals surface area contributed by atoms with Gasteiger partial charge in [0.05, 0.1) is 24.9 Å². The minimum atomic E-state index is -0.0977. The van der Waals surface area contributed by atoms with E-state index in [0.717, 1.165) is 17.0 Å². The zero-order chi connectivity index (χ0) is 17.2. The van der Waals surface area contributed by atoms with Crippen molar-refractivity contribution >= 4 is 11.6 Å². The summed E-state index contributed by atoms with van der Waals surface area (Å²) in [5.74, 6) is 1.85. The second kappa shape index (κ2) is 6.39. The van der Waals surface area contributed by atoms with Crippen LogP contribution in [-0.2, 0) is 11.2 Å². The van der Waals surface area contributed by atoms with E-state index in [9.17, 15) is 4.79 Å². The number of nitrogens with zero attached hydrogens (tertiary/aromatic N) is 4. The Bertz CT molecular complexity index is 857. The highest BCUT2D eigenvalue weighted by Gasteiger charge is 2.35. The molecular formula is C17H17N5O3. The molecule has 4 rings (SSSR count). The van der Waals surface area contributed by atoms with Crippen LogP contribution in [0.3, 0.4) is 0 Å². The number of anilines is 1. The smallest absolute Gasteiger partial charge is 0.232 e. The van der Waals surface area contributed by atoms with E-state index in [4.69, 9.17) is 9.26 Å². The fourth-order valence-electron chi connectivity index (χ4n) is 2.95. The second-order valence-corrected chi connectivity index (χ2v) is 5.94. The van der Waals surface area contributed by atoms with Gasteiger partial charge in [0, 0.05) is 25.6 Å². The number of amides is 1. The third kappa shape index (κ3) is 3.10. The number of hydrogen-bond acceptors (Lipinski definition) is 6. The van der Waals surface area contributed by atoms with E-state index in [2.05, 4.69) is 20.3 Å². The molecule has 3 aromatic rings. The van der Waals surface area contributed by atoms with Gasteiger partial charge in [0.1, 0.15) is 5.75 Å². The predicted molar refractivity (Wildman–Crippen MR) is 88.4 cm³/mol. The lowest BCUT2D eigenvalue weighted by Crippen LogP contribution is -2.23. The first-order valence-corrected chi connectivity index (χ1v) is 7.97. The average molecular weight is 339 g/mol. The summed E-state index contributed by atoms with van der Waals surface area (Å²) in [6, 6.07) is 7.73. The first kappa shape index (κ1) is 15.4. The van der Waals surface area contributed by atoms with Gasteiger partial charge in [-0.05, 0) is 17.7 Å². The molecule has 25 heavy (non-hydrogen) atoms. The molecule has 1 aromatic carbocycles. The summed E-state index contributed by atoms with van der Waals surface area (Å²) in [6.07, 6.45) is 4.25. The average Bonchev–Trinajstić information content (AvgIpc) is 3.36. The van der Waals surface area contributed by atoms with Crippen LogP contribution in [0.25, 0.3) is 0 Å². The number of aromatic nitrogens is 4. The monoisotopic (exact) mass is 339 g/mol. The summed E-state index contributed by atoms with van der Waals surface area (Å²) in [5.41, 5.74) is 1.82. The van der Waals surface area contributed by atoms with Crippen LogP contribution in [0.15, 0.2) is 41.2 Å². The molecule has 1 amide bonds. The lowest BCUT2D eigenvalue weighted by Gasteiger charge is -2.12. The maximum Gasteiger partial charge on any atom is 0.232 e. The predicted octanol–water partition coefficient (Wildman–Crippen LogP) is 1.91. The third-order valence-electron chi connectivity index (χ3n) is 4.27. The SMILES string of the molecule is COc1ccc(Cc2noc([C@H]3CC(=O)N(c4cn[nH]c4)C3)n2)cc1. The molecule has 0 aliphatic carbocycles. The van der Waals surface area contributed by atoms with Crippen LogP contribution in [0, 0.1) is 0 Å². The molecule has 0 saturated carbocycles. The van der Waals surface area contributed by atoms with Gasteiger partial charge in [-0.25, -0.2) is 0 Å². The van der Waals surface area contributed by atoms with Crippen LogP contribution in [0.5, 0.6) is 5.75 Å². The lowest BCUT2D eigenvalue weighted by molar-refractivity contribution is -0.117. The van der Waals surface area contributed by atoms with Crippen molar-refractivity contribution < 1.29 is 14.1 Å². The Hall–Kier alpha value is -3.16. The number of rotatable bonds is 5. The molecule has 1 aliphatic rings. The molecule has 1 atom stereocenters. The molecule has 8 nitrogen and oxygen atoms in total. The molecule has 0 spiro atoms. The van der Waals surface area contributed by atoms with Gasteiger partial charge in [0.2, 0.25) is 11.8 Å². The summed E-state index contributed by atoms with van der Waals surface area (Å²) < 4.78 is 10.5. The Labute approximate surface area is 143 Å². The van der Waals surface area contributed by atoms with Crippen LogP contribution in [0.1, 0.15) is 29.6 Å². The summed E-state index contributed by atoms with van der Waals surface area (Å²) in [7, 11) is 1.64. The maximum atomic E-state index is 12.2. The van der Waals surface area contributed by atoms with Crippen LogP contribution in [-0.4, -0.2) is 39.9 Å². The number of carbonyl (C=O) groups is 1. The van der Waals surface area contributed by atoms with Gasteiger partial charge in [-0.3, -0.25) is 9.89 Å². The number of hydrogen-bond donors (Lipinski definition) is 1. The zero-order valence-electron chi connectivity index (χ0n) is 13.7. The van der Waals surface area contributed by atoms with Gasteiger partial charge in [-0.2, -0.15) is 10.1 Å². The number of aromatic amines is 1. The van der Waals surface area contributed by atoms with Crippen molar-refractivity contribution in [3.05, 3.63) is 53.9 Å². The van der Waals surface area contributed by atoms with E-state index in [1.165, 1.54) is 0 Å². The highest BCUT2D eigenvalue weighted by atomic mass is 16.5. The largest absolute Gasteiger partial charge is 0.497 e. The normalized spacial score (nSPS) is 17.2. The van der Waals surface area contributed by atoms with Crippen molar-refractivity contribution in [3.63, 3.8) is 0 Å². The number of ether oxygens (including phenoxy) is 1. The lowest BCUT2D eigenvalue weighted by atomic mass is 10.1. The molecule has 3 heterocycles. The molecule has 1 aliphatic heterocycles. The van der Waals surface area contributed by atoms with Crippen molar-refractivity contribution in [2.45, 2.75) is 18.8 Å². The Morgan fingerprint density at radius 2 is 2.20 bits per heavy atom. The summed E-state index contributed by atoms with van der Waals surface area (Å²) in [4.78, 5) is 18.3. The van der Waals surface area contributed by atoms with Gasteiger partial charge in [0.25, 0.3) is 0 Å². The van der Waals surface area contributed by atoms with Gasteiger partial charge < -0.3 is 14.2 Å². The molecule has 8 heteroatoms. The molecule has 128 valence electrons. The van der Waals surface area contributed by atoms with Crippen molar-refractivity contribution in [1.29, 1.82) is 0 Å². The number of benzene rings is 1. The fraction of sp³-hybridized carbons (Fsp3) is 0.294. The van der Waals surface area contributed by atoms with Gasteiger partial charge >= 0.3 is 0 Å². The van der Waals surface area contributed by atoms with Crippen molar-refractivity contribution in [2.24, 2.45) is 0 Å². The molecule has 1 saturated heterocycles. The first-order chi connectivity index (χ1) is 12.2. The Morgan fingerprint density at radius 1 is 1.36 bits per heavy atom. The topological polar surface area (TPSA) is 97.1 Å². The van der Waals surface area contributed by atoms with E-state index >= 15 is 0 Å². The van der Waals surface area contributed by atoms with E-state index in [0.29, 0.717) is 31.1 Å². The van der Waals surface area contributed by atoms with Crippen LogP contribution < -0.4 is 9.64 Å². The summed E-state index contributed by atoms with van der Waals surface area (Å²) in [5, 5.41) is 10.6. The summed E-state index contributed by atoms with van der Waals surface area (Å²) >= 11 is 0. The zero-order valence-corrected chi connectivity index (χ0v) is 13.7. The van der Waals surface area contributed by atoms with Crippen LogP contribution in [0.2, 0.25) is 0 Å². The Balaban J connectivity index is 1.45. The van der Waals surface area contributed by atoms with Gasteiger partial charge in [-0.15, -0.1) is 0 Å². The maximum absolute atomic E-state index is 12.2. The van der Waals surface area contributed by atoms with Crippen molar-refractivity contribution in [3.8, 4) is 5.75 Å². The Morgan fingerprint density at radius 3 is 2.92 bits per heavy atom. The minimum Gasteiger partial charge on any atom is -0.497 e. The number of carbonyl (C=O) groups excluding carboxylic acids is 1. The standard InChI is InChI=1S/C17H17N5O3/c1-24-14-4-2-11(3-5-14)6-15-20-17(25-21-15)12-7-16(23)22(10-12)13-8-18-19-9-13/h2-5,8-9,12H,6-7,10H2,1H3,(H,18,19)/t12-/m0/s1. The molecule has 2 aromatic heterocycles. The molecule has 1 fully saturated rings. The van der Waals surface area contributed by atoms with Gasteiger partial charge in [0.15, 0.2) is 5.82 Å². The van der Waals surface area contributed by atoms with Crippen molar-refractivity contribution in [1.82, 2.24) is 20.3 Å². The number of nitrogens with one attached hydrogen (secondary N) is 1. The van der Waals surface area contributed by atoms with E-state index in [1.807, 2.05) is 24.3 Å². The summed E-state index contributed by atoms with van der Waals surface area (Å²) in [6.45, 7) is 0.516. The van der Waals surface area contributed by atoms with E-state index in [1.54, 1.807) is 24.4 Å². The van der Waals surface area contributed by atoms with E-state index in [-0.39, 0.29) is 11.8 Å². The molecule has 0 unspecified atom stereocenters. The third-order valence-corrected chi connectivity index (χ3v) is 4.27.